The summed E-state index contributed by atoms with van der Waals surface area (Å²) < 4.78 is 37.7. The van der Waals surface area contributed by atoms with Gasteiger partial charge in [0.2, 0.25) is 0 Å². The van der Waals surface area contributed by atoms with Gasteiger partial charge in [-0.1, -0.05) is 11.6 Å². The average molecular weight is 294 g/mol. The summed E-state index contributed by atoms with van der Waals surface area (Å²) >= 11 is 5.96. The van der Waals surface area contributed by atoms with Gasteiger partial charge in [0.1, 0.15) is 5.82 Å². The summed E-state index contributed by atoms with van der Waals surface area (Å²) in [6.07, 6.45) is -3.59. The Bertz CT molecular complexity index is 464. The second-order valence-corrected chi connectivity index (χ2v) is 5.25. The number of anilines is 1. The van der Waals surface area contributed by atoms with Gasteiger partial charge in [0.05, 0.1) is 10.6 Å². The molecule has 2 unspecified atom stereocenters. The number of pyridine rings is 1. The highest BCUT2D eigenvalue weighted by atomic mass is 35.5. The lowest BCUT2D eigenvalue weighted by Crippen LogP contribution is -2.54. The van der Waals surface area contributed by atoms with Crippen molar-refractivity contribution in [1.82, 2.24) is 10.3 Å². The summed E-state index contributed by atoms with van der Waals surface area (Å²) in [7, 11) is 0. The zero-order valence-electron chi connectivity index (χ0n) is 10.6. The largest absolute Gasteiger partial charge is 0.417 e. The molecule has 0 saturated carbocycles. The van der Waals surface area contributed by atoms with Gasteiger partial charge in [-0.15, -0.1) is 0 Å². The first-order chi connectivity index (χ1) is 8.79. The number of nitrogens with zero attached hydrogens (tertiary/aromatic N) is 2. The Morgan fingerprint density at radius 2 is 2.11 bits per heavy atom. The van der Waals surface area contributed by atoms with Crippen molar-refractivity contribution in [1.29, 1.82) is 0 Å². The van der Waals surface area contributed by atoms with Crippen molar-refractivity contribution in [2.75, 3.05) is 18.0 Å². The molecule has 2 rings (SSSR count). The van der Waals surface area contributed by atoms with Crippen molar-refractivity contribution >= 4 is 17.4 Å². The minimum atomic E-state index is -4.42. The lowest BCUT2D eigenvalue weighted by Gasteiger charge is -2.38. The fraction of sp³-hybridized carbons (Fsp3) is 0.583. The maximum absolute atomic E-state index is 12.6. The molecule has 1 fully saturated rings. The highest BCUT2D eigenvalue weighted by Crippen LogP contribution is 2.34. The molecule has 0 aromatic carbocycles. The molecule has 1 aromatic heterocycles. The molecule has 1 aliphatic heterocycles. The molecule has 0 spiro atoms. The van der Waals surface area contributed by atoms with Crippen molar-refractivity contribution in [3.63, 3.8) is 0 Å². The van der Waals surface area contributed by atoms with Gasteiger partial charge in [-0.2, -0.15) is 13.2 Å². The average Bonchev–Trinajstić information content (AvgIpc) is 2.31. The molecule has 0 amide bonds. The third-order valence-electron chi connectivity index (χ3n) is 3.19. The van der Waals surface area contributed by atoms with Crippen molar-refractivity contribution in [3.8, 4) is 0 Å². The Balaban J connectivity index is 2.30. The Morgan fingerprint density at radius 3 is 2.68 bits per heavy atom. The van der Waals surface area contributed by atoms with Gasteiger partial charge < -0.3 is 10.2 Å². The minimum Gasteiger partial charge on any atom is -0.350 e. The molecule has 1 N–H and O–H groups in total. The summed E-state index contributed by atoms with van der Waals surface area (Å²) in [6, 6.07) is 1.32. The summed E-state index contributed by atoms with van der Waals surface area (Å²) in [6.45, 7) is 5.41. The molecule has 2 heterocycles. The van der Waals surface area contributed by atoms with E-state index in [1.165, 1.54) is 0 Å². The van der Waals surface area contributed by atoms with Crippen LogP contribution in [0.25, 0.3) is 0 Å². The van der Waals surface area contributed by atoms with Crippen molar-refractivity contribution < 1.29 is 13.2 Å². The van der Waals surface area contributed by atoms with E-state index in [0.29, 0.717) is 12.4 Å². The quantitative estimate of drug-likeness (QED) is 0.863. The molecule has 19 heavy (non-hydrogen) atoms. The van der Waals surface area contributed by atoms with Crippen LogP contribution in [0.1, 0.15) is 19.4 Å². The molecular formula is C12H15ClF3N3. The molecule has 1 saturated heterocycles. The summed E-state index contributed by atoms with van der Waals surface area (Å²) in [5, 5.41) is 3.33. The number of hydrogen-bond acceptors (Lipinski definition) is 3. The fourth-order valence-electron chi connectivity index (χ4n) is 2.11. The standard InChI is InChI=1S/C12H15ClF3N3/c1-7-6-19(8(2)4-17-7)11-10(13)3-9(5-18-11)12(14,15)16/h3,5,7-8,17H,4,6H2,1-2H3. The van der Waals surface area contributed by atoms with Gasteiger partial charge in [0.25, 0.3) is 0 Å². The second-order valence-electron chi connectivity index (χ2n) is 4.84. The summed E-state index contributed by atoms with van der Waals surface area (Å²) in [4.78, 5) is 5.83. The van der Waals surface area contributed by atoms with Crippen LogP contribution < -0.4 is 10.2 Å². The van der Waals surface area contributed by atoms with Gasteiger partial charge in [-0.3, -0.25) is 0 Å². The van der Waals surface area contributed by atoms with Crippen LogP contribution in [0.4, 0.5) is 19.0 Å². The zero-order valence-corrected chi connectivity index (χ0v) is 11.4. The van der Waals surface area contributed by atoms with Crippen LogP contribution in [-0.2, 0) is 6.18 Å². The monoisotopic (exact) mass is 293 g/mol. The number of rotatable bonds is 1. The maximum atomic E-state index is 12.6. The molecule has 0 bridgehead atoms. The Morgan fingerprint density at radius 1 is 1.42 bits per heavy atom. The lowest BCUT2D eigenvalue weighted by atomic mass is 10.1. The molecule has 1 aliphatic rings. The number of piperazine rings is 1. The Labute approximate surface area is 114 Å². The van der Waals surface area contributed by atoms with E-state index in [1.54, 1.807) is 0 Å². The van der Waals surface area contributed by atoms with Crippen molar-refractivity contribution in [2.24, 2.45) is 0 Å². The van der Waals surface area contributed by atoms with E-state index in [9.17, 15) is 13.2 Å². The van der Waals surface area contributed by atoms with Crippen LogP contribution in [0.2, 0.25) is 5.02 Å². The molecule has 0 radical (unpaired) electrons. The van der Waals surface area contributed by atoms with E-state index < -0.39 is 11.7 Å². The van der Waals surface area contributed by atoms with Crippen LogP contribution in [0.3, 0.4) is 0 Å². The highest BCUT2D eigenvalue weighted by Gasteiger charge is 2.33. The number of halogens is 4. The van der Waals surface area contributed by atoms with Crippen LogP contribution >= 0.6 is 11.6 Å². The van der Waals surface area contributed by atoms with E-state index in [1.807, 2.05) is 18.7 Å². The van der Waals surface area contributed by atoms with Crippen molar-refractivity contribution in [2.45, 2.75) is 32.1 Å². The predicted octanol–water partition coefficient (Wildman–Crippen LogP) is 2.94. The Hall–Kier alpha value is -1.01. The zero-order chi connectivity index (χ0) is 14.2. The Kier molecular flexibility index (Phi) is 3.92. The predicted molar refractivity (Wildman–Crippen MR) is 68.5 cm³/mol. The minimum absolute atomic E-state index is 0.0378. The third kappa shape index (κ3) is 3.12. The summed E-state index contributed by atoms with van der Waals surface area (Å²) in [5.41, 5.74) is -0.822. The van der Waals surface area contributed by atoms with Gasteiger partial charge in [0, 0.05) is 31.4 Å². The van der Waals surface area contributed by atoms with E-state index in [4.69, 9.17) is 11.6 Å². The first kappa shape index (κ1) is 14.4. The molecule has 2 atom stereocenters. The van der Waals surface area contributed by atoms with Gasteiger partial charge in [-0.05, 0) is 19.9 Å². The molecule has 3 nitrogen and oxygen atoms in total. The normalized spacial score (nSPS) is 24.6. The molecule has 0 aliphatic carbocycles. The topological polar surface area (TPSA) is 28.2 Å². The van der Waals surface area contributed by atoms with Gasteiger partial charge in [-0.25, -0.2) is 4.98 Å². The van der Waals surface area contributed by atoms with Crippen LogP contribution in [0.5, 0.6) is 0 Å². The first-order valence-electron chi connectivity index (χ1n) is 6.02. The van der Waals surface area contributed by atoms with E-state index in [0.717, 1.165) is 18.8 Å². The molecular weight excluding hydrogens is 279 g/mol. The van der Waals surface area contributed by atoms with Crippen molar-refractivity contribution in [3.05, 3.63) is 22.8 Å². The number of aromatic nitrogens is 1. The van der Waals surface area contributed by atoms with Crippen LogP contribution in [-0.4, -0.2) is 30.2 Å². The van der Waals surface area contributed by atoms with Crippen LogP contribution in [0.15, 0.2) is 12.3 Å². The van der Waals surface area contributed by atoms with E-state index in [2.05, 4.69) is 10.3 Å². The highest BCUT2D eigenvalue weighted by molar-refractivity contribution is 6.33. The summed E-state index contributed by atoms with van der Waals surface area (Å²) in [5.74, 6) is 0.413. The molecule has 7 heteroatoms. The van der Waals surface area contributed by atoms with E-state index in [-0.39, 0.29) is 17.1 Å². The smallest absolute Gasteiger partial charge is 0.350 e. The lowest BCUT2D eigenvalue weighted by molar-refractivity contribution is -0.137. The van der Waals surface area contributed by atoms with E-state index >= 15 is 0 Å². The molecule has 1 aromatic rings. The number of hydrogen-bond donors (Lipinski definition) is 1. The van der Waals surface area contributed by atoms with Gasteiger partial charge in [0.15, 0.2) is 0 Å². The first-order valence-corrected chi connectivity index (χ1v) is 6.39. The van der Waals surface area contributed by atoms with Gasteiger partial charge >= 0.3 is 6.18 Å². The third-order valence-corrected chi connectivity index (χ3v) is 3.46. The fourth-order valence-corrected chi connectivity index (χ4v) is 2.39. The number of alkyl halides is 3. The SMILES string of the molecule is CC1CN(c2ncc(C(F)(F)F)cc2Cl)C(C)CN1. The number of nitrogens with one attached hydrogen (secondary N) is 1. The molecule has 106 valence electrons. The maximum Gasteiger partial charge on any atom is 0.417 e. The second kappa shape index (κ2) is 5.17. The van der Waals surface area contributed by atoms with Crippen LogP contribution in [0, 0.1) is 0 Å².